The number of nitro groups is 3. The van der Waals surface area contributed by atoms with E-state index in [1.165, 1.54) is 4.68 Å². The lowest BCUT2D eigenvalue weighted by atomic mass is 9.92. The van der Waals surface area contributed by atoms with Gasteiger partial charge in [-0.15, -0.1) is 0 Å². The highest BCUT2D eigenvalue weighted by Crippen LogP contribution is 2.40. The summed E-state index contributed by atoms with van der Waals surface area (Å²) in [7, 11) is 0. The van der Waals surface area contributed by atoms with Crippen molar-refractivity contribution in [3.8, 4) is 0 Å². The average molecular weight is 523 g/mol. The summed E-state index contributed by atoms with van der Waals surface area (Å²) >= 11 is 3.03. The zero-order valence-electron chi connectivity index (χ0n) is 14.8. The van der Waals surface area contributed by atoms with Gasteiger partial charge in [0.2, 0.25) is 10.5 Å². The van der Waals surface area contributed by atoms with Gasteiger partial charge in [-0.2, -0.15) is 0 Å². The van der Waals surface area contributed by atoms with Crippen LogP contribution < -0.4 is 4.80 Å². The second-order valence-electron chi connectivity index (χ2n) is 6.68. The Bertz CT molecular complexity index is 976. The number of rotatable bonds is 6. The van der Waals surface area contributed by atoms with Crippen molar-refractivity contribution in [1.29, 1.82) is 0 Å². The lowest BCUT2D eigenvalue weighted by Gasteiger charge is -2.24. The van der Waals surface area contributed by atoms with E-state index in [0.717, 1.165) is 11.5 Å². The molecule has 2 aromatic rings. The van der Waals surface area contributed by atoms with Crippen molar-refractivity contribution in [2.24, 2.45) is 10.4 Å². The van der Waals surface area contributed by atoms with Crippen molar-refractivity contribution in [2.45, 2.75) is 31.2 Å². The molecule has 0 radical (unpaired) electrons. The molecule has 0 aliphatic rings. The molecule has 0 saturated carbocycles. The number of nitrogens with zero attached hydrogens (tertiary/aromatic N) is 7. The van der Waals surface area contributed by atoms with Crippen molar-refractivity contribution in [3.63, 3.8) is 0 Å². The fourth-order valence-corrected chi connectivity index (χ4v) is 2.89. The molecule has 28 heavy (non-hydrogen) atoms. The Morgan fingerprint density at radius 3 is 2.11 bits per heavy atom. The van der Waals surface area contributed by atoms with Crippen molar-refractivity contribution in [1.82, 2.24) is 14.4 Å². The summed E-state index contributed by atoms with van der Waals surface area (Å²) in [6.45, 7) is 6.43. The lowest BCUT2D eigenvalue weighted by Crippen LogP contribution is -2.30. The molecule has 0 fully saturated rings. The highest BCUT2D eigenvalue weighted by molar-refractivity contribution is 14.1. The third-order valence-corrected chi connectivity index (χ3v) is 6.51. The Balaban J connectivity index is 2.70. The summed E-state index contributed by atoms with van der Waals surface area (Å²) in [5.41, 5.74) is -3.14. The summed E-state index contributed by atoms with van der Waals surface area (Å²) in [4.78, 5) is 35.0. The summed E-state index contributed by atoms with van der Waals surface area (Å²) in [5.74, 6) is 0. The highest BCUT2D eigenvalue weighted by Gasteiger charge is 2.31. The fraction of sp³-hybridized carbons (Fsp3) is 0.462. The maximum absolute atomic E-state index is 11.4. The Labute approximate surface area is 174 Å². The zero-order chi connectivity index (χ0) is 21.2. The lowest BCUT2D eigenvalue weighted by molar-refractivity contribution is -0.402. The Hall–Kier alpha value is -2.56. The first-order chi connectivity index (χ1) is 12.9. The Morgan fingerprint density at radius 1 is 1.14 bits per heavy atom. The van der Waals surface area contributed by atoms with Crippen LogP contribution in [0.4, 0.5) is 22.7 Å². The zero-order valence-corrected chi connectivity index (χ0v) is 17.8. The molecule has 0 bridgehead atoms. The predicted octanol–water partition coefficient (Wildman–Crippen LogP) is 3.15. The number of hydrogen-bond acceptors (Lipinski definition) is 10. The molecular formula is C13H14IN7O6S. The van der Waals surface area contributed by atoms with E-state index in [0.29, 0.717) is 18.7 Å². The van der Waals surface area contributed by atoms with Crippen LogP contribution >= 0.6 is 34.1 Å². The van der Waals surface area contributed by atoms with Crippen molar-refractivity contribution >= 4 is 56.9 Å². The number of nitro benzene ring substituents is 3. The van der Waals surface area contributed by atoms with Gasteiger partial charge in [0.15, 0.2) is 0 Å². The van der Waals surface area contributed by atoms with E-state index in [2.05, 4.69) is 37.3 Å². The van der Waals surface area contributed by atoms with Crippen LogP contribution in [-0.4, -0.2) is 33.1 Å². The van der Waals surface area contributed by atoms with Crippen molar-refractivity contribution in [2.75, 3.05) is 0 Å². The van der Waals surface area contributed by atoms with Gasteiger partial charge in [0, 0.05) is 15.5 Å². The molecule has 0 aliphatic heterocycles. The molecule has 0 saturated heterocycles. The van der Waals surface area contributed by atoms with E-state index in [4.69, 9.17) is 0 Å². The largest absolute Gasteiger partial charge is 0.308 e. The van der Waals surface area contributed by atoms with Crippen LogP contribution in [0.15, 0.2) is 17.1 Å². The van der Waals surface area contributed by atoms with E-state index in [-0.39, 0.29) is 14.1 Å². The summed E-state index contributed by atoms with van der Waals surface area (Å²) in [5, 5.41) is 37.6. The highest BCUT2D eigenvalue weighted by atomic mass is 127. The maximum Gasteiger partial charge on any atom is 0.308 e. The topological polar surface area (TPSA) is 172 Å². The van der Waals surface area contributed by atoms with E-state index in [9.17, 15) is 30.3 Å². The molecule has 1 atom stereocenters. The van der Waals surface area contributed by atoms with E-state index in [1.54, 1.807) is 0 Å². The van der Waals surface area contributed by atoms with Crippen molar-refractivity contribution < 1.29 is 14.8 Å². The predicted molar refractivity (Wildman–Crippen MR) is 107 cm³/mol. The van der Waals surface area contributed by atoms with E-state index in [1.807, 2.05) is 20.8 Å². The fourth-order valence-electron chi connectivity index (χ4n) is 1.99. The molecule has 0 N–H and O–H groups in total. The van der Waals surface area contributed by atoms with Gasteiger partial charge in [-0.3, -0.25) is 30.3 Å². The molecule has 150 valence electrons. The first-order valence-corrected chi connectivity index (χ1v) is 9.63. The number of benzene rings is 1. The number of alkyl halides is 1. The number of halogens is 1. The first kappa shape index (κ1) is 21.7. The second kappa shape index (κ2) is 8.21. The van der Waals surface area contributed by atoms with Crippen molar-refractivity contribution in [3.05, 3.63) is 47.3 Å². The number of aromatic nitrogens is 3. The standard InChI is InChI=1S/C13H14IN7O6S/c1-13(2,3)10(14)6-18-12(28-17-16-18)15-11-8(20(24)25)4-7(19(22)23)5-9(11)21(26)27/h4-5,10H,6H2,1-3H3. The molecule has 1 unspecified atom stereocenters. The molecule has 1 aromatic heterocycles. The van der Waals surface area contributed by atoms with Crippen LogP contribution in [0.3, 0.4) is 0 Å². The van der Waals surface area contributed by atoms with Gasteiger partial charge in [0.1, 0.15) is 0 Å². The third kappa shape index (κ3) is 4.83. The van der Waals surface area contributed by atoms with Crippen LogP contribution in [0.5, 0.6) is 0 Å². The summed E-state index contributed by atoms with van der Waals surface area (Å²) in [6.07, 6.45) is 0. The van der Waals surface area contributed by atoms with Gasteiger partial charge < -0.3 is 0 Å². The Morgan fingerprint density at radius 2 is 1.68 bits per heavy atom. The average Bonchev–Trinajstić information content (AvgIpc) is 3.00. The van der Waals surface area contributed by atoms with Gasteiger partial charge in [-0.05, 0) is 5.41 Å². The van der Waals surface area contributed by atoms with Crippen LogP contribution in [0.25, 0.3) is 0 Å². The minimum absolute atomic E-state index is 0.0835. The monoisotopic (exact) mass is 523 g/mol. The van der Waals surface area contributed by atoms with Crippen LogP contribution in [0.2, 0.25) is 0 Å². The molecule has 2 rings (SSSR count). The SMILES string of the molecule is CC(C)(C)C(I)Cn1nnsc1=Nc1c([N+](=O)[O-])cc([N+](=O)[O-])cc1[N+](=O)[O-]. The normalized spacial score (nSPS) is 13.4. The molecule has 1 heterocycles. The summed E-state index contributed by atoms with van der Waals surface area (Å²) in [6, 6.07) is 1.28. The minimum atomic E-state index is -0.950. The molecule has 0 spiro atoms. The van der Waals surface area contributed by atoms with Gasteiger partial charge in [-0.1, -0.05) is 53.1 Å². The van der Waals surface area contributed by atoms with Gasteiger partial charge in [0.05, 0.1) is 33.4 Å². The number of hydrogen-bond donors (Lipinski definition) is 0. The van der Waals surface area contributed by atoms with Gasteiger partial charge in [-0.25, -0.2) is 9.67 Å². The van der Waals surface area contributed by atoms with E-state index >= 15 is 0 Å². The molecule has 1 aromatic carbocycles. The Kier molecular flexibility index (Phi) is 6.37. The first-order valence-electron chi connectivity index (χ1n) is 7.61. The van der Waals surface area contributed by atoms with Crippen LogP contribution in [-0.2, 0) is 6.54 Å². The molecule has 13 nitrogen and oxygen atoms in total. The third-order valence-electron chi connectivity index (χ3n) is 3.63. The maximum atomic E-state index is 11.4. The summed E-state index contributed by atoms with van der Waals surface area (Å²) < 4.78 is 5.24. The van der Waals surface area contributed by atoms with Crippen LogP contribution in [0.1, 0.15) is 20.8 Å². The van der Waals surface area contributed by atoms with Gasteiger partial charge in [0.25, 0.3) is 5.69 Å². The quantitative estimate of drug-likeness (QED) is 0.240. The molecular weight excluding hydrogens is 509 g/mol. The molecule has 0 amide bonds. The molecule has 15 heteroatoms. The minimum Gasteiger partial charge on any atom is -0.258 e. The van der Waals surface area contributed by atoms with Gasteiger partial charge >= 0.3 is 11.4 Å². The second-order valence-corrected chi connectivity index (χ2v) is 8.89. The van der Waals surface area contributed by atoms with Crippen LogP contribution in [0, 0.1) is 35.8 Å². The smallest absolute Gasteiger partial charge is 0.258 e. The number of non-ortho nitro benzene ring substituents is 1. The molecule has 0 aliphatic carbocycles. The van der Waals surface area contributed by atoms with E-state index < -0.39 is 37.5 Å².